The molecule has 0 spiro atoms. The fraction of sp³-hybridized carbons (Fsp3) is 0.105. The monoisotopic (exact) mass is 377 g/mol. The highest BCUT2D eigenvalue weighted by molar-refractivity contribution is 7.18. The van der Waals surface area contributed by atoms with Gasteiger partial charge in [-0.15, -0.1) is 11.3 Å². The van der Waals surface area contributed by atoms with E-state index < -0.39 is 17.7 Å². The van der Waals surface area contributed by atoms with Crippen LogP contribution in [0.25, 0.3) is 21.6 Å². The third kappa shape index (κ3) is 3.57. The number of benzene rings is 2. The fourth-order valence-corrected chi connectivity index (χ4v) is 3.57. The van der Waals surface area contributed by atoms with E-state index in [-0.39, 0.29) is 4.88 Å². The van der Waals surface area contributed by atoms with Gasteiger partial charge in [-0.3, -0.25) is 0 Å². The third-order valence-electron chi connectivity index (χ3n) is 3.91. The molecule has 0 fully saturated rings. The van der Waals surface area contributed by atoms with Gasteiger partial charge in [0.05, 0.1) is 11.3 Å². The summed E-state index contributed by atoms with van der Waals surface area (Å²) in [5, 5.41) is 12.1. The van der Waals surface area contributed by atoms with Crippen molar-refractivity contribution < 1.29 is 23.1 Å². The molecule has 0 atom stereocenters. The maximum atomic E-state index is 12.6. The molecule has 0 radical (unpaired) electrons. The van der Waals surface area contributed by atoms with Crippen LogP contribution in [0.4, 0.5) is 18.9 Å². The molecule has 3 nitrogen and oxygen atoms in total. The van der Waals surface area contributed by atoms with Crippen molar-refractivity contribution in [3.8, 4) is 21.6 Å². The molecule has 7 heteroatoms. The predicted molar refractivity (Wildman–Crippen MR) is 96.7 cm³/mol. The third-order valence-corrected chi connectivity index (χ3v) is 5.08. The minimum Gasteiger partial charge on any atom is -0.477 e. The average Bonchev–Trinajstić information content (AvgIpc) is 3.06. The predicted octanol–water partition coefficient (Wildman–Crippen LogP) is 5.84. The molecular weight excluding hydrogens is 363 g/mol. The highest BCUT2D eigenvalue weighted by Crippen LogP contribution is 2.36. The summed E-state index contributed by atoms with van der Waals surface area (Å²) < 4.78 is 37.9. The minimum absolute atomic E-state index is 0.231. The number of rotatable bonds is 4. The normalized spacial score (nSPS) is 11.4. The SMILES string of the molecule is CNc1cc(-c2ccc(-c3ccc(C(F)(F)F)cc3)cc2)sc1C(=O)O. The second-order valence-corrected chi connectivity index (χ2v) is 6.61. The number of halogens is 3. The second kappa shape index (κ2) is 6.84. The van der Waals surface area contributed by atoms with Gasteiger partial charge in [0.1, 0.15) is 4.88 Å². The van der Waals surface area contributed by atoms with Crippen LogP contribution in [-0.2, 0) is 6.18 Å². The lowest BCUT2D eigenvalue weighted by Gasteiger charge is -2.08. The van der Waals surface area contributed by atoms with Crippen molar-refractivity contribution in [2.45, 2.75) is 6.18 Å². The van der Waals surface area contributed by atoms with Crippen LogP contribution in [-0.4, -0.2) is 18.1 Å². The van der Waals surface area contributed by atoms with E-state index in [0.717, 1.165) is 39.5 Å². The number of carboxylic acids is 1. The Morgan fingerprint density at radius 3 is 1.88 bits per heavy atom. The lowest BCUT2D eigenvalue weighted by atomic mass is 10.0. The van der Waals surface area contributed by atoms with Crippen molar-refractivity contribution in [1.29, 1.82) is 0 Å². The van der Waals surface area contributed by atoms with Crippen LogP contribution in [0.3, 0.4) is 0 Å². The van der Waals surface area contributed by atoms with Crippen LogP contribution in [0.1, 0.15) is 15.2 Å². The molecule has 0 saturated carbocycles. The summed E-state index contributed by atoms with van der Waals surface area (Å²) in [7, 11) is 1.66. The lowest BCUT2D eigenvalue weighted by Crippen LogP contribution is -2.03. The summed E-state index contributed by atoms with van der Waals surface area (Å²) in [6.07, 6.45) is -4.35. The lowest BCUT2D eigenvalue weighted by molar-refractivity contribution is -0.137. The summed E-state index contributed by atoms with van der Waals surface area (Å²) in [6.45, 7) is 0. The van der Waals surface area contributed by atoms with Crippen LogP contribution in [0.5, 0.6) is 0 Å². The van der Waals surface area contributed by atoms with Crippen molar-refractivity contribution in [2.75, 3.05) is 12.4 Å². The first kappa shape index (κ1) is 18.0. The van der Waals surface area contributed by atoms with E-state index in [4.69, 9.17) is 0 Å². The summed E-state index contributed by atoms with van der Waals surface area (Å²) in [5.41, 5.74) is 2.17. The Morgan fingerprint density at radius 1 is 0.962 bits per heavy atom. The number of hydrogen-bond acceptors (Lipinski definition) is 3. The molecule has 1 heterocycles. The zero-order valence-corrected chi connectivity index (χ0v) is 14.4. The van der Waals surface area contributed by atoms with Gasteiger partial charge in [0.2, 0.25) is 0 Å². The van der Waals surface area contributed by atoms with E-state index in [1.54, 1.807) is 25.2 Å². The number of anilines is 1. The van der Waals surface area contributed by atoms with Crippen LogP contribution >= 0.6 is 11.3 Å². The maximum Gasteiger partial charge on any atom is 0.416 e. The molecule has 1 aromatic heterocycles. The quantitative estimate of drug-likeness (QED) is 0.600. The number of alkyl halides is 3. The fourth-order valence-electron chi connectivity index (χ4n) is 2.56. The van der Waals surface area contributed by atoms with Gasteiger partial charge in [0, 0.05) is 11.9 Å². The zero-order chi connectivity index (χ0) is 18.9. The van der Waals surface area contributed by atoms with Crippen molar-refractivity contribution in [1.82, 2.24) is 0 Å². The van der Waals surface area contributed by atoms with Crippen molar-refractivity contribution in [3.63, 3.8) is 0 Å². The maximum absolute atomic E-state index is 12.6. The molecule has 0 bridgehead atoms. The van der Waals surface area contributed by atoms with Gasteiger partial charge in [-0.1, -0.05) is 36.4 Å². The number of hydrogen-bond donors (Lipinski definition) is 2. The molecule has 0 aliphatic rings. The van der Waals surface area contributed by atoms with Crippen molar-refractivity contribution >= 4 is 23.0 Å². The minimum atomic E-state index is -4.35. The van der Waals surface area contributed by atoms with Gasteiger partial charge in [0.25, 0.3) is 0 Å². The number of aromatic carboxylic acids is 1. The van der Waals surface area contributed by atoms with Gasteiger partial charge in [-0.05, 0) is 34.9 Å². The molecule has 0 amide bonds. The van der Waals surface area contributed by atoms with Gasteiger partial charge < -0.3 is 10.4 Å². The van der Waals surface area contributed by atoms with Gasteiger partial charge in [0.15, 0.2) is 0 Å². The highest BCUT2D eigenvalue weighted by atomic mass is 32.1. The number of carboxylic acid groups (broad SMARTS) is 1. The molecule has 2 aromatic carbocycles. The Bertz CT molecular complexity index is 929. The number of thiophene rings is 1. The molecule has 0 aliphatic carbocycles. The van der Waals surface area contributed by atoms with Crippen molar-refractivity contribution in [3.05, 3.63) is 65.0 Å². The molecule has 0 aliphatic heterocycles. The van der Waals surface area contributed by atoms with Gasteiger partial charge in [-0.25, -0.2) is 4.79 Å². The molecular formula is C19H14F3NO2S. The van der Waals surface area contributed by atoms with Gasteiger partial charge >= 0.3 is 12.1 Å². The summed E-state index contributed by atoms with van der Waals surface area (Å²) in [5.74, 6) is -0.994. The molecule has 134 valence electrons. The second-order valence-electron chi connectivity index (χ2n) is 5.56. The largest absolute Gasteiger partial charge is 0.477 e. The van der Waals surface area contributed by atoms with Crippen LogP contribution in [0, 0.1) is 0 Å². The van der Waals surface area contributed by atoms with E-state index in [9.17, 15) is 23.1 Å². The smallest absolute Gasteiger partial charge is 0.416 e. The summed E-state index contributed by atoms with van der Waals surface area (Å²) >= 11 is 1.16. The first-order valence-electron chi connectivity index (χ1n) is 7.62. The Morgan fingerprint density at radius 2 is 1.46 bits per heavy atom. The van der Waals surface area contributed by atoms with E-state index in [0.29, 0.717) is 11.3 Å². The summed E-state index contributed by atoms with van der Waals surface area (Å²) in [4.78, 5) is 12.3. The molecule has 0 unspecified atom stereocenters. The van der Waals surface area contributed by atoms with Crippen molar-refractivity contribution in [2.24, 2.45) is 0 Å². The van der Waals surface area contributed by atoms with Gasteiger partial charge in [-0.2, -0.15) is 13.2 Å². The number of nitrogens with one attached hydrogen (secondary N) is 1. The Kier molecular flexibility index (Phi) is 4.73. The molecule has 0 saturated heterocycles. The van der Waals surface area contributed by atoms with Crippen LogP contribution < -0.4 is 5.32 Å². The topological polar surface area (TPSA) is 49.3 Å². The van der Waals surface area contributed by atoms with E-state index >= 15 is 0 Å². The molecule has 26 heavy (non-hydrogen) atoms. The van der Waals surface area contributed by atoms with E-state index in [1.165, 1.54) is 12.1 Å². The molecule has 3 rings (SSSR count). The Hall–Kier alpha value is -2.80. The molecule has 3 aromatic rings. The standard InChI is InChI=1S/C19H14F3NO2S/c1-23-15-10-16(26-17(15)18(24)25)13-4-2-11(3-5-13)12-6-8-14(9-7-12)19(20,21)22/h2-10,23H,1H3,(H,24,25). The highest BCUT2D eigenvalue weighted by Gasteiger charge is 2.29. The Labute approximate surface area is 151 Å². The first-order chi connectivity index (χ1) is 12.3. The van der Waals surface area contributed by atoms with Crippen LogP contribution in [0.15, 0.2) is 54.6 Å². The molecule has 2 N–H and O–H groups in total. The average molecular weight is 377 g/mol. The Balaban J connectivity index is 1.88. The van der Waals surface area contributed by atoms with Crippen LogP contribution in [0.2, 0.25) is 0 Å². The zero-order valence-electron chi connectivity index (χ0n) is 13.6. The summed E-state index contributed by atoms with van der Waals surface area (Å²) in [6, 6.07) is 14.0. The first-order valence-corrected chi connectivity index (χ1v) is 8.44. The van der Waals surface area contributed by atoms with E-state index in [2.05, 4.69) is 5.32 Å². The van der Waals surface area contributed by atoms with E-state index in [1.807, 2.05) is 12.1 Å². The number of carbonyl (C=O) groups is 1.